The first-order chi connectivity index (χ1) is 13.1. The zero-order valence-electron chi connectivity index (χ0n) is 17.5. The van der Waals surface area contributed by atoms with E-state index in [1.807, 2.05) is 0 Å². The smallest absolute Gasteiger partial charge is 0.243 e. The Morgan fingerprint density at radius 1 is 1.29 bits per heavy atom. The third kappa shape index (κ3) is 9.23. The molecule has 2 fully saturated rings. The number of hydrogen-bond acceptors (Lipinski definition) is 5. The molecule has 0 spiro atoms. The van der Waals surface area contributed by atoms with Crippen LogP contribution >= 0.6 is 24.0 Å². The number of nitrogens with zero attached hydrogens (tertiary/aromatic N) is 3. The van der Waals surface area contributed by atoms with Crippen molar-refractivity contribution >= 4 is 35.8 Å². The standard InChI is InChI=1S/C19H36N4O4.HI/c1-22(2)18(24)13-21-19(20-12-17-6-4-5-9-27-17)23-8-7-16(14-23)15-26-11-10-25-3;/h16-17H,4-15H2,1-3H3,(H,20,21);1H. The van der Waals surface area contributed by atoms with Crippen molar-refractivity contribution in [1.29, 1.82) is 0 Å². The fraction of sp³-hybridized carbons (Fsp3) is 0.895. The van der Waals surface area contributed by atoms with Gasteiger partial charge in [-0.3, -0.25) is 4.79 Å². The fourth-order valence-corrected chi connectivity index (χ4v) is 3.28. The van der Waals surface area contributed by atoms with E-state index in [-0.39, 0.29) is 42.5 Å². The molecule has 8 nitrogen and oxygen atoms in total. The van der Waals surface area contributed by atoms with Gasteiger partial charge in [-0.1, -0.05) is 0 Å². The Morgan fingerprint density at radius 3 is 2.79 bits per heavy atom. The average molecular weight is 512 g/mol. The second-order valence-electron chi connectivity index (χ2n) is 7.47. The summed E-state index contributed by atoms with van der Waals surface area (Å²) >= 11 is 0. The summed E-state index contributed by atoms with van der Waals surface area (Å²) in [6.07, 6.45) is 4.72. The number of guanidine groups is 1. The van der Waals surface area contributed by atoms with Crippen LogP contribution in [0.2, 0.25) is 0 Å². The summed E-state index contributed by atoms with van der Waals surface area (Å²) in [4.78, 5) is 20.3. The first-order valence-electron chi connectivity index (χ1n) is 10.0. The van der Waals surface area contributed by atoms with Crippen LogP contribution in [0.3, 0.4) is 0 Å². The summed E-state index contributed by atoms with van der Waals surface area (Å²) in [6, 6.07) is 0. The maximum atomic E-state index is 12.0. The van der Waals surface area contributed by atoms with Crippen molar-refractivity contribution < 1.29 is 19.0 Å². The molecule has 2 atom stereocenters. The molecule has 2 aliphatic rings. The molecule has 2 rings (SSSR count). The summed E-state index contributed by atoms with van der Waals surface area (Å²) < 4.78 is 16.5. The van der Waals surface area contributed by atoms with Crippen LogP contribution in [0.25, 0.3) is 0 Å². The Labute approximate surface area is 186 Å². The van der Waals surface area contributed by atoms with Gasteiger partial charge in [0.25, 0.3) is 0 Å². The van der Waals surface area contributed by atoms with Gasteiger partial charge in [-0.2, -0.15) is 0 Å². The molecule has 2 aliphatic heterocycles. The second-order valence-corrected chi connectivity index (χ2v) is 7.47. The van der Waals surface area contributed by atoms with E-state index in [9.17, 15) is 4.79 Å². The van der Waals surface area contributed by atoms with E-state index in [0.29, 0.717) is 19.1 Å². The molecule has 9 heteroatoms. The lowest BCUT2D eigenvalue weighted by Gasteiger charge is -2.27. The predicted molar refractivity (Wildman–Crippen MR) is 120 cm³/mol. The Morgan fingerprint density at radius 2 is 2.11 bits per heavy atom. The minimum atomic E-state index is 0. The van der Waals surface area contributed by atoms with E-state index < -0.39 is 0 Å². The van der Waals surface area contributed by atoms with Gasteiger partial charge < -0.3 is 29.3 Å². The normalized spacial score (nSPS) is 22.7. The number of halogens is 1. The molecule has 164 valence electrons. The maximum absolute atomic E-state index is 12.0. The molecule has 1 N–H and O–H groups in total. The molecule has 0 aromatic carbocycles. The third-order valence-corrected chi connectivity index (χ3v) is 5.00. The molecule has 2 saturated heterocycles. The van der Waals surface area contributed by atoms with Gasteiger partial charge >= 0.3 is 0 Å². The number of aliphatic imine (C=N–C) groups is 1. The molecule has 2 heterocycles. The predicted octanol–water partition coefficient (Wildman–Crippen LogP) is 1.19. The molecule has 0 aromatic heterocycles. The minimum absolute atomic E-state index is 0. The van der Waals surface area contributed by atoms with E-state index in [4.69, 9.17) is 14.2 Å². The Bertz CT molecular complexity index is 473. The minimum Gasteiger partial charge on any atom is -0.382 e. The Hall–Kier alpha value is -0.650. The topological polar surface area (TPSA) is 75.6 Å². The summed E-state index contributed by atoms with van der Waals surface area (Å²) in [7, 11) is 5.19. The van der Waals surface area contributed by atoms with Gasteiger partial charge in [-0.25, -0.2) is 4.99 Å². The van der Waals surface area contributed by atoms with E-state index in [0.717, 1.165) is 58.1 Å². The number of likely N-dealkylation sites (N-methyl/N-ethyl adjacent to an activating group) is 1. The lowest BCUT2D eigenvalue weighted by atomic mass is 10.1. The molecule has 0 aliphatic carbocycles. The van der Waals surface area contributed by atoms with Crippen molar-refractivity contribution in [2.24, 2.45) is 10.9 Å². The van der Waals surface area contributed by atoms with Crippen LogP contribution in [-0.4, -0.2) is 102 Å². The molecular weight excluding hydrogens is 475 g/mol. The number of ether oxygens (including phenoxy) is 3. The van der Waals surface area contributed by atoms with Crippen LogP contribution in [-0.2, 0) is 19.0 Å². The highest BCUT2D eigenvalue weighted by Gasteiger charge is 2.26. The third-order valence-electron chi connectivity index (χ3n) is 5.00. The van der Waals surface area contributed by atoms with Crippen molar-refractivity contribution in [3.8, 4) is 0 Å². The van der Waals surface area contributed by atoms with Gasteiger partial charge in [0.05, 0.1) is 25.9 Å². The molecule has 0 aromatic rings. The van der Waals surface area contributed by atoms with E-state index >= 15 is 0 Å². The zero-order valence-corrected chi connectivity index (χ0v) is 19.9. The number of carbonyl (C=O) groups is 1. The Kier molecular flexibility index (Phi) is 13.0. The van der Waals surface area contributed by atoms with Crippen molar-refractivity contribution in [2.75, 3.05) is 73.8 Å². The lowest BCUT2D eigenvalue weighted by molar-refractivity contribution is -0.127. The van der Waals surface area contributed by atoms with Gasteiger partial charge in [0.15, 0.2) is 5.96 Å². The lowest BCUT2D eigenvalue weighted by Crippen LogP contribution is -2.45. The number of amides is 1. The van der Waals surface area contributed by atoms with Crippen molar-refractivity contribution in [3.63, 3.8) is 0 Å². The molecule has 0 radical (unpaired) electrons. The molecule has 2 unspecified atom stereocenters. The molecule has 0 saturated carbocycles. The van der Waals surface area contributed by atoms with E-state index in [1.54, 1.807) is 26.1 Å². The van der Waals surface area contributed by atoms with Crippen molar-refractivity contribution in [3.05, 3.63) is 0 Å². The number of carbonyl (C=O) groups excluding carboxylic acids is 1. The summed E-state index contributed by atoms with van der Waals surface area (Å²) in [5, 5.41) is 3.44. The first kappa shape index (κ1) is 25.4. The van der Waals surface area contributed by atoms with Gasteiger partial charge in [0.2, 0.25) is 5.91 Å². The summed E-state index contributed by atoms with van der Waals surface area (Å²) in [5.41, 5.74) is 0. The first-order valence-corrected chi connectivity index (χ1v) is 10.0. The van der Waals surface area contributed by atoms with Gasteiger partial charge in [0.1, 0.15) is 6.54 Å². The molecule has 0 bridgehead atoms. The van der Waals surface area contributed by atoms with Crippen LogP contribution < -0.4 is 5.32 Å². The second kappa shape index (κ2) is 14.4. The monoisotopic (exact) mass is 512 g/mol. The highest BCUT2D eigenvalue weighted by Crippen LogP contribution is 2.17. The van der Waals surface area contributed by atoms with Crippen molar-refractivity contribution in [1.82, 2.24) is 15.1 Å². The maximum Gasteiger partial charge on any atom is 0.243 e. The van der Waals surface area contributed by atoms with Crippen LogP contribution in [0.4, 0.5) is 0 Å². The average Bonchev–Trinajstić information content (AvgIpc) is 3.14. The van der Waals surface area contributed by atoms with Gasteiger partial charge in [0, 0.05) is 53.4 Å². The van der Waals surface area contributed by atoms with Gasteiger partial charge in [-0.15, -0.1) is 24.0 Å². The Balaban J connectivity index is 0.00000392. The quantitative estimate of drug-likeness (QED) is 0.217. The number of methoxy groups -OCH3 is 1. The number of nitrogens with one attached hydrogen (secondary N) is 1. The highest BCUT2D eigenvalue weighted by atomic mass is 127. The SMILES string of the molecule is COCCOCC1CCN(C(=NCC(=O)N(C)C)NCC2CCCCO2)C1.I. The van der Waals surface area contributed by atoms with Crippen LogP contribution in [0.5, 0.6) is 0 Å². The van der Waals surface area contributed by atoms with E-state index in [2.05, 4.69) is 15.2 Å². The molecular formula is C19H37IN4O4. The van der Waals surface area contributed by atoms with Gasteiger partial charge in [-0.05, 0) is 25.7 Å². The van der Waals surface area contributed by atoms with Crippen LogP contribution in [0.15, 0.2) is 4.99 Å². The fourth-order valence-electron chi connectivity index (χ4n) is 3.28. The number of likely N-dealkylation sites (tertiary alicyclic amines) is 1. The highest BCUT2D eigenvalue weighted by molar-refractivity contribution is 14.0. The molecule has 1 amide bonds. The largest absolute Gasteiger partial charge is 0.382 e. The van der Waals surface area contributed by atoms with Crippen LogP contribution in [0.1, 0.15) is 25.7 Å². The summed E-state index contributed by atoms with van der Waals surface area (Å²) in [5.74, 6) is 1.28. The van der Waals surface area contributed by atoms with Crippen molar-refractivity contribution in [2.45, 2.75) is 31.8 Å². The zero-order chi connectivity index (χ0) is 19.5. The van der Waals surface area contributed by atoms with E-state index in [1.165, 1.54) is 6.42 Å². The number of hydrogen-bond donors (Lipinski definition) is 1. The van der Waals surface area contributed by atoms with Crippen LogP contribution in [0, 0.1) is 5.92 Å². The number of rotatable bonds is 9. The summed E-state index contributed by atoms with van der Waals surface area (Å²) in [6.45, 7) is 5.53. The molecule has 28 heavy (non-hydrogen) atoms.